The molecule has 0 radical (unpaired) electrons. The van der Waals surface area contributed by atoms with Crippen molar-refractivity contribution in [3.63, 3.8) is 0 Å². The Kier molecular flexibility index (Phi) is 4.93. The third kappa shape index (κ3) is 4.62. The second-order valence-electron chi connectivity index (χ2n) is 4.18. The first-order valence-corrected chi connectivity index (χ1v) is 5.65. The van der Waals surface area contributed by atoms with Gasteiger partial charge in [0.25, 0.3) is 0 Å². The highest BCUT2D eigenvalue weighted by molar-refractivity contribution is 5.78. The Morgan fingerprint density at radius 1 is 1.47 bits per heavy atom. The topological polar surface area (TPSA) is 52.9 Å². The highest BCUT2D eigenvalue weighted by Crippen LogP contribution is 2.29. The summed E-state index contributed by atoms with van der Waals surface area (Å²) in [6.07, 6.45) is -4.19. The number of nitrogens with zero attached hydrogens (tertiary/aromatic N) is 1. The second-order valence-corrected chi connectivity index (χ2v) is 4.18. The van der Waals surface area contributed by atoms with Crippen LogP contribution in [0.15, 0.2) is 24.3 Å². The van der Waals surface area contributed by atoms with Gasteiger partial charge < -0.3 is 5.32 Å². The largest absolute Gasteiger partial charge is 0.416 e. The standard InChI is InChI=1S/C13H13F3N2O/c1-9(12(19)18-6-5-17)7-10-3-2-4-11(8-10)13(14,15)16/h2-4,8-9H,6-7H2,1H3,(H,18,19)/t9-/m0/s1. The normalized spacial score (nSPS) is 12.6. The molecule has 0 bridgehead atoms. The van der Waals surface area contributed by atoms with Crippen molar-refractivity contribution in [1.29, 1.82) is 5.26 Å². The van der Waals surface area contributed by atoms with E-state index >= 15 is 0 Å². The number of nitriles is 1. The average molecular weight is 270 g/mol. The molecule has 0 aliphatic heterocycles. The first-order valence-electron chi connectivity index (χ1n) is 5.65. The maximum absolute atomic E-state index is 12.5. The van der Waals surface area contributed by atoms with Crippen molar-refractivity contribution in [1.82, 2.24) is 5.32 Å². The molecule has 6 heteroatoms. The number of carbonyl (C=O) groups excluding carboxylic acids is 1. The molecule has 102 valence electrons. The summed E-state index contributed by atoms with van der Waals surface area (Å²) in [7, 11) is 0. The molecule has 1 amide bonds. The molecule has 19 heavy (non-hydrogen) atoms. The molecule has 0 saturated heterocycles. The van der Waals surface area contributed by atoms with Gasteiger partial charge in [-0.1, -0.05) is 25.1 Å². The molecule has 0 spiro atoms. The summed E-state index contributed by atoms with van der Waals surface area (Å²) >= 11 is 0. The van der Waals surface area contributed by atoms with Gasteiger partial charge in [0.15, 0.2) is 0 Å². The molecule has 3 nitrogen and oxygen atoms in total. The number of amides is 1. The Bertz CT molecular complexity index is 491. The predicted octanol–water partition coefficient (Wildman–Crippen LogP) is 2.52. The summed E-state index contributed by atoms with van der Waals surface area (Å²) in [5.74, 6) is -0.837. The zero-order chi connectivity index (χ0) is 14.5. The zero-order valence-electron chi connectivity index (χ0n) is 10.3. The lowest BCUT2D eigenvalue weighted by atomic mass is 9.98. The Morgan fingerprint density at radius 2 is 2.16 bits per heavy atom. The summed E-state index contributed by atoms with van der Waals surface area (Å²) < 4.78 is 37.5. The van der Waals surface area contributed by atoms with E-state index in [2.05, 4.69) is 5.32 Å². The minimum atomic E-state index is -4.39. The predicted molar refractivity (Wildman–Crippen MR) is 62.9 cm³/mol. The summed E-state index contributed by atoms with van der Waals surface area (Å²) in [5.41, 5.74) is -0.288. The van der Waals surface area contributed by atoms with Gasteiger partial charge in [-0.3, -0.25) is 4.79 Å². The minimum Gasteiger partial charge on any atom is -0.343 e. The van der Waals surface area contributed by atoms with Crippen LogP contribution in [0.5, 0.6) is 0 Å². The van der Waals surface area contributed by atoms with Gasteiger partial charge in [0.05, 0.1) is 11.6 Å². The number of rotatable bonds is 4. The van der Waals surface area contributed by atoms with Crippen molar-refractivity contribution in [2.24, 2.45) is 5.92 Å². The van der Waals surface area contributed by atoms with E-state index in [1.165, 1.54) is 6.07 Å². The highest BCUT2D eigenvalue weighted by Gasteiger charge is 2.30. The molecule has 0 unspecified atom stereocenters. The van der Waals surface area contributed by atoms with Crippen molar-refractivity contribution < 1.29 is 18.0 Å². The smallest absolute Gasteiger partial charge is 0.343 e. The lowest BCUT2D eigenvalue weighted by molar-refractivity contribution is -0.137. The first kappa shape index (κ1) is 15.0. The molecule has 1 N–H and O–H groups in total. The quantitative estimate of drug-likeness (QED) is 0.855. The SMILES string of the molecule is C[C@@H](Cc1cccc(C(F)(F)F)c1)C(=O)NCC#N. The summed E-state index contributed by atoms with van der Waals surface area (Å²) in [4.78, 5) is 11.5. The number of halogens is 3. The average Bonchev–Trinajstić information content (AvgIpc) is 2.35. The summed E-state index contributed by atoms with van der Waals surface area (Å²) in [6.45, 7) is 1.50. The fourth-order valence-electron chi connectivity index (χ4n) is 1.62. The van der Waals surface area contributed by atoms with E-state index in [0.717, 1.165) is 12.1 Å². The van der Waals surface area contributed by atoms with Crippen molar-refractivity contribution in [2.45, 2.75) is 19.5 Å². The van der Waals surface area contributed by atoms with E-state index in [9.17, 15) is 18.0 Å². The molecule has 0 aromatic heterocycles. The van der Waals surface area contributed by atoms with Crippen LogP contribution in [0.25, 0.3) is 0 Å². The monoisotopic (exact) mass is 270 g/mol. The van der Waals surface area contributed by atoms with Gasteiger partial charge >= 0.3 is 6.18 Å². The van der Waals surface area contributed by atoms with E-state index in [-0.39, 0.29) is 18.9 Å². The van der Waals surface area contributed by atoms with Gasteiger partial charge in [0.1, 0.15) is 6.54 Å². The van der Waals surface area contributed by atoms with Crippen molar-refractivity contribution >= 4 is 5.91 Å². The van der Waals surface area contributed by atoms with E-state index in [1.807, 2.05) is 0 Å². The van der Waals surface area contributed by atoms with Crippen LogP contribution < -0.4 is 5.32 Å². The molecule has 0 aliphatic rings. The molecule has 1 rings (SSSR count). The van der Waals surface area contributed by atoms with E-state index in [1.54, 1.807) is 19.1 Å². The molecule has 1 atom stereocenters. The zero-order valence-corrected chi connectivity index (χ0v) is 10.3. The third-order valence-electron chi connectivity index (χ3n) is 2.59. The van der Waals surface area contributed by atoms with Crippen LogP contribution in [-0.2, 0) is 17.4 Å². The minimum absolute atomic E-state index is 0.105. The number of carbonyl (C=O) groups is 1. The van der Waals surface area contributed by atoms with Crippen LogP contribution in [-0.4, -0.2) is 12.5 Å². The Hall–Kier alpha value is -2.03. The van der Waals surface area contributed by atoms with Gasteiger partial charge in [-0.15, -0.1) is 0 Å². The molecule has 0 fully saturated rings. The molecule has 0 saturated carbocycles. The summed E-state index contributed by atoms with van der Waals surface area (Å²) in [6, 6.07) is 6.65. The van der Waals surface area contributed by atoms with Crippen molar-refractivity contribution in [3.8, 4) is 6.07 Å². The van der Waals surface area contributed by atoms with Crippen LogP contribution in [0.4, 0.5) is 13.2 Å². The van der Waals surface area contributed by atoms with Crippen LogP contribution in [0, 0.1) is 17.2 Å². The second kappa shape index (κ2) is 6.23. The van der Waals surface area contributed by atoms with Crippen LogP contribution in [0.1, 0.15) is 18.1 Å². The molecular formula is C13H13F3N2O. The summed E-state index contributed by atoms with van der Waals surface area (Å²) in [5, 5.41) is 10.7. The van der Waals surface area contributed by atoms with Crippen molar-refractivity contribution in [2.75, 3.05) is 6.54 Å². The van der Waals surface area contributed by atoms with Gasteiger partial charge in [-0.2, -0.15) is 18.4 Å². The van der Waals surface area contributed by atoms with Crippen LogP contribution in [0.3, 0.4) is 0 Å². The fourth-order valence-corrected chi connectivity index (χ4v) is 1.62. The number of nitrogens with one attached hydrogen (secondary N) is 1. The number of benzene rings is 1. The molecule has 1 aromatic carbocycles. The van der Waals surface area contributed by atoms with Gasteiger partial charge in [0, 0.05) is 5.92 Å². The van der Waals surface area contributed by atoms with E-state index in [0.29, 0.717) is 5.56 Å². The maximum atomic E-state index is 12.5. The number of alkyl halides is 3. The highest BCUT2D eigenvalue weighted by atomic mass is 19.4. The Balaban J connectivity index is 2.72. The van der Waals surface area contributed by atoms with Crippen molar-refractivity contribution in [3.05, 3.63) is 35.4 Å². The Morgan fingerprint density at radius 3 is 2.74 bits per heavy atom. The Labute approximate surface area is 109 Å². The maximum Gasteiger partial charge on any atom is 0.416 e. The molecule has 1 aromatic rings. The molecular weight excluding hydrogens is 257 g/mol. The molecule has 0 heterocycles. The number of hydrogen-bond donors (Lipinski definition) is 1. The van der Waals surface area contributed by atoms with E-state index in [4.69, 9.17) is 5.26 Å². The van der Waals surface area contributed by atoms with Gasteiger partial charge in [-0.05, 0) is 18.1 Å². The first-order chi connectivity index (χ1) is 8.84. The lowest BCUT2D eigenvalue weighted by Gasteiger charge is -2.12. The van der Waals surface area contributed by atoms with E-state index < -0.39 is 17.7 Å². The van der Waals surface area contributed by atoms with Crippen LogP contribution >= 0.6 is 0 Å². The third-order valence-corrected chi connectivity index (χ3v) is 2.59. The number of hydrogen-bond acceptors (Lipinski definition) is 2. The van der Waals surface area contributed by atoms with Crippen LogP contribution in [0.2, 0.25) is 0 Å². The lowest BCUT2D eigenvalue weighted by Crippen LogP contribution is -2.30. The fraction of sp³-hybridized carbons (Fsp3) is 0.385. The van der Waals surface area contributed by atoms with Gasteiger partial charge in [0.2, 0.25) is 5.91 Å². The van der Waals surface area contributed by atoms with Gasteiger partial charge in [-0.25, -0.2) is 0 Å². The molecule has 0 aliphatic carbocycles.